The van der Waals surface area contributed by atoms with Crippen LogP contribution in [0.15, 0.2) is 67.0 Å². The molecule has 3 aromatic rings. The van der Waals surface area contributed by atoms with Crippen LogP contribution in [-0.4, -0.2) is 39.7 Å². The van der Waals surface area contributed by atoms with E-state index in [-0.39, 0.29) is 17.8 Å². The molecular formula is C24H27FN4O. The highest BCUT2D eigenvalue weighted by molar-refractivity contribution is 5.76. The van der Waals surface area contributed by atoms with Crippen LogP contribution < -0.4 is 5.32 Å². The second kappa shape index (κ2) is 9.67. The SMILES string of the molecule is O=C(CCc1cnn(-c2ccccc2)c1)NC1CCN(Cc2ccc(F)cc2)CC1. The highest BCUT2D eigenvalue weighted by Gasteiger charge is 2.20. The van der Waals surface area contributed by atoms with E-state index in [0.29, 0.717) is 12.8 Å². The Hall–Kier alpha value is -2.99. The van der Waals surface area contributed by atoms with Gasteiger partial charge in [-0.1, -0.05) is 30.3 Å². The molecule has 2 heterocycles. The van der Waals surface area contributed by atoms with Crippen molar-refractivity contribution in [3.8, 4) is 5.69 Å². The Kier molecular flexibility index (Phi) is 6.54. The number of piperidine rings is 1. The quantitative estimate of drug-likeness (QED) is 0.651. The summed E-state index contributed by atoms with van der Waals surface area (Å²) >= 11 is 0. The Morgan fingerprint density at radius 1 is 1.03 bits per heavy atom. The van der Waals surface area contributed by atoms with E-state index in [1.54, 1.807) is 0 Å². The van der Waals surface area contributed by atoms with Crippen LogP contribution in [0.2, 0.25) is 0 Å². The third-order valence-electron chi connectivity index (χ3n) is 5.57. The average Bonchev–Trinajstić information content (AvgIpc) is 3.25. The first kappa shape index (κ1) is 20.3. The predicted molar refractivity (Wildman–Crippen MR) is 115 cm³/mol. The van der Waals surface area contributed by atoms with Gasteiger partial charge in [0.25, 0.3) is 0 Å². The molecule has 1 aromatic heterocycles. The predicted octanol–water partition coefficient (Wildman–Crippen LogP) is 3.72. The van der Waals surface area contributed by atoms with Gasteiger partial charge in [-0.05, 0) is 54.7 Å². The van der Waals surface area contributed by atoms with Gasteiger partial charge in [0, 0.05) is 38.3 Å². The Balaban J connectivity index is 1.18. The summed E-state index contributed by atoms with van der Waals surface area (Å²) < 4.78 is 14.9. The first-order valence-electron chi connectivity index (χ1n) is 10.5. The number of nitrogens with zero attached hydrogens (tertiary/aromatic N) is 3. The molecule has 0 bridgehead atoms. The zero-order chi connectivity index (χ0) is 20.8. The standard InChI is InChI=1S/C24H27FN4O/c25-21-9-6-19(7-10-21)17-28-14-12-22(13-15-28)27-24(30)11-8-20-16-26-29(18-20)23-4-2-1-3-5-23/h1-7,9-10,16,18,22H,8,11-15,17H2,(H,27,30). The number of para-hydroxylation sites is 1. The first-order chi connectivity index (χ1) is 14.7. The van der Waals surface area contributed by atoms with Gasteiger partial charge in [-0.25, -0.2) is 9.07 Å². The molecule has 1 amide bonds. The van der Waals surface area contributed by atoms with E-state index in [1.165, 1.54) is 12.1 Å². The van der Waals surface area contributed by atoms with Crippen LogP contribution in [0.25, 0.3) is 5.69 Å². The molecule has 1 fully saturated rings. The van der Waals surface area contributed by atoms with Crippen molar-refractivity contribution in [3.05, 3.63) is 83.9 Å². The number of hydrogen-bond acceptors (Lipinski definition) is 3. The van der Waals surface area contributed by atoms with Gasteiger partial charge < -0.3 is 5.32 Å². The van der Waals surface area contributed by atoms with Crippen LogP contribution in [0.3, 0.4) is 0 Å². The van der Waals surface area contributed by atoms with Crippen LogP contribution in [0, 0.1) is 5.82 Å². The maximum atomic E-state index is 13.0. The number of carbonyl (C=O) groups is 1. The molecule has 2 aromatic carbocycles. The van der Waals surface area contributed by atoms with Gasteiger partial charge in [0.1, 0.15) is 5.82 Å². The maximum Gasteiger partial charge on any atom is 0.220 e. The van der Waals surface area contributed by atoms with Gasteiger partial charge in [-0.2, -0.15) is 5.10 Å². The van der Waals surface area contributed by atoms with Gasteiger partial charge in [0.2, 0.25) is 5.91 Å². The summed E-state index contributed by atoms with van der Waals surface area (Å²) in [4.78, 5) is 14.7. The summed E-state index contributed by atoms with van der Waals surface area (Å²) in [5, 5.41) is 7.56. The van der Waals surface area contributed by atoms with Crippen molar-refractivity contribution < 1.29 is 9.18 Å². The first-order valence-corrected chi connectivity index (χ1v) is 10.5. The number of hydrogen-bond donors (Lipinski definition) is 1. The normalized spacial score (nSPS) is 15.2. The van der Waals surface area contributed by atoms with Gasteiger partial charge >= 0.3 is 0 Å². The summed E-state index contributed by atoms with van der Waals surface area (Å²) in [5.41, 5.74) is 3.19. The zero-order valence-electron chi connectivity index (χ0n) is 17.0. The number of amides is 1. The fourth-order valence-corrected chi connectivity index (χ4v) is 3.85. The fraction of sp³-hybridized carbons (Fsp3) is 0.333. The van der Waals surface area contributed by atoms with Gasteiger partial charge in [0.05, 0.1) is 11.9 Å². The molecule has 0 saturated carbocycles. The minimum absolute atomic E-state index is 0.0967. The van der Waals surface area contributed by atoms with E-state index in [9.17, 15) is 9.18 Å². The van der Waals surface area contributed by atoms with Crippen molar-refractivity contribution in [2.75, 3.05) is 13.1 Å². The summed E-state index contributed by atoms with van der Waals surface area (Å²) in [6, 6.07) is 16.9. The molecule has 1 aliphatic rings. The van der Waals surface area contributed by atoms with Crippen molar-refractivity contribution in [1.82, 2.24) is 20.0 Å². The number of likely N-dealkylation sites (tertiary alicyclic amines) is 1. The highest BCUT2D eigenvalue weighted by Crippen LogP contribution is 2.15. The topological polar surface area (TPSA) is 50.2 Å². The van der Waals surface area contributed by atoms with E-state index in [2.05, 4.69) is 15.3 Å². The summed E-state index contributed by atoms with van der Waals surface area (Å²) in [5.74, 6) is -0.105. The lowest BCUT2D eigenvalue weighted by Gasteiger charge is -2.32. The van der Waals surface area contributed by atoms with Crippen LogP contribution in [0.4, 0.5) is 4.39 Å². The lowest BCUT2D eigenvalue weighted by molar-refractivity contribution is -0.122. The molecule has 1 N–H and O–H groups in total. The molecule has 0 unspecified atom stereocenters. The minimum atomic E-state index is -0.201. The average molecular weight is 407 g/mol. The van der Waals surface area contributed by atoms with Gasteiger partial charge in [-0.3, -0.25) is 9.69 Å². The lowest BCUT2D eigenvalue weighted by atomic mass is 10.0. The monoisotopic (exact) mass is 406 g/mol. The van der Waals surface area contributed by atoms with Crippen LogP contribution in [-0.2, 0) is 17.8 Å². The number of aromatic nitrogens is 2. The lowest BCUT2D eigenvalue weighted by Crippen LogP contribution is -2.44. The second-order valence-electron chi connectivity index (χ2n) is 7.87. The molecule has 30 heavy (non-hydrogen) atoms. The molecule has 4 rings (SSSR count). The molecule has 1 aliphatic heterocycles. The fourth-order valence-electron chi connectivity index (χ4n) is 3.85. The van der Waals surface area contributed by atoms with Crippen molar-refractivity contribution in [3.63, 3.8) is 0 Å². The van der Waals surface area contributed by atoms with Crippen molar-refractivity contribution in [2.24, 2.45) is 0 Å². The second-order valence-corrected chi connectivity index (χ2v) is 7.87. The maximum absolute atomic E-state index is 13.0. The van der Waals surface area contributed by atoms with E-state index in [4.69, 9.17) is 0 Å². The molecular weight excluding hydrogens is 379 g/mol. The number of nitrogens with one attached hydrogen (secondary N) is 1. The minimum Gasteiger partial charge on any atom is -0.353 e. The third kappa shape index (κ3) is 5.54. The van der Waals surface area contributed by atoms with E-state index < -0.39 is 0 Å². The molecule has 5 nitrogen and oxygen atoms in total. The molecule has 6 heteroatoms. The number of aryl methyl sites for hydroxylation is 1. The van der Waals surface area contributed by atoms with Crippen molar-refractivity contribution in [1.29, 1.82) is 0 Å². The van der Waals surface area contributed by atoms with E-state index in [1.807, 2.05) is 59.5 Å². The summed E-state index contributed by atoms with van der Waals surface area (Å²) in [7, 11) is 0. The van der Waals surface area contributed by atoms with Crippen LogP contribution >= 0.6 is 0 Å². The Bertz CT molecular complexity index is 947. The number of halogens is 1. The largest absolute Gasteiger partial charge is 0.353 e. The number of carbonyl (C=O) groups excluding carboxylic acids is 1. The smallest absolute Gasteiger partial charge is 0.220 e. The molecule has 0 spiro atoms. The highest BCUT2D eigenvalue weighted by atomic mass is 19.1. The van der Waals surface area contributed by atoms with Crippen LogP contribution in [0.1, 0.15) is 30.4 Å². The Morgan fingerprint density at radius 3 is 2.50 bits per heavy atom. The number of rotatable bonds is 7. The molecule has 1 saturated heterocycles. The molecule has 0 atom stereocenters. The van der Waals surface area contributed by atoms with Crippen molar-refractivity contribution >= 4 is 5.91 Å². The van der Waals surface area contributed by atoms with Crippen molar-refractivity contribution in [2.45, 2.75) is 38.3 Å². The third-order valence-corrected chi connectivity index (χ3v) is 5.57. The summed E-state index contributed by atoms with van der Waals surface area (Å²) in [6.45, 7) is 2.70. The van der Waals surface area contributed by atoms with Gasteiger partial charge in [0.15, 0.2) is 0 Å². The zero-order valence-corrected chi connectivity index (χ0v) is 17.0. The number of benzene rings is 2. The summed E-state index contributed by atoms with van der Waals surface area (Å²) in [6.07, 6.45) is 6.85. The van der Waals surface area contributed by atoms with E-state index >= 15 is 0 Å². The molecule has 156 valence electrons. The van der Waals surface area contributed by atoms with Crippen LogP contribution in [0.5, 0.6) is 0 Å². The van der Waals surface area contributed by atoms with Gasteiger partial charge in [-0.15, -0.1) is 0 Å². The molecule has 0 aliphatic carbocycles. The van der Waals surface area contributed by atoms with E-state index in [0.717, 1.165) is 49.3 Å². The Morgan fingerprint density at radius 2 is 1.77 bits per heavy atom. The Labute approximate surface area is 176 Å². The molecule has 0 radical (unpaired) electrons.